The third-order valence-electron chi connectivity index (χ3n) is 1.86. The summed E-state index contributed by atoms with van der Waals surface area (Å²) in [5.41, 5.74) is 0. The van der Waals surface area contributed by atoms with Crippen LogP contribution in [-0.2, 0) is 0 Å². The van der Waals surface area contributed by atoms with E-state index >= 15 is 0 Å². The molecule has 2 amide bonds. The van der Waals surface area contributed by atoms with Gasteiger partial charge in [-0.3, -0.25) is 0 Å². The molecule has 0 aliphatic carbocycles. The summed E-state index contributed by atoms with van der Waals surface area (Å²) in [6.07, 6.45) is -6.32. The molecule has 7 N–H and O–H groups in total. The zero-order valence-electron chi connectivity index (χ0n) is 8.84. The van der Waals surface area contributed by atoms with Crippen molar-refractivity contribution in [2.45, 2.75) is 24.4 Å². The lowest BCUT2D eigenvalue weighted by molar-refractivity contribution is -0.0999. The Morgan fingerprint density at radius 3 is 2.24 bits per heavy atom. The van der Waals surface area contributed by atoms with Crippen LogP contribution >= 0.6 is 0 Å². The van der Waals surface area contributed by atoms with Crippen molar-refractivity contribution < 1.29 is 35.4 Å². The molecule has 4 atom stereocenters. The molecule has 0 saturated carbocycles. The van der Waals surface area contributed by atoms with Crippen molar-refractivity contribution >= 4 is 12.2 Å². The standard InChI is InChI=1S/C8H16N2O7/c11-2-5(14)7(16)6(15)4(13)1-9-8(17)10-3-12/h1,4-7,11-16H,2-3H2,(H,10,17)/t4-,5-,6-,7+/m1/s1. The van der Waals surface area contributed by atoms with Gasteiger partial charge >= 0.3 is 6.03 Å². The van der Waals surface area contributed by atoms with Gasteiger partial charge in [-0.05, 0) is 0 Å². The summed E-state index contributed by atoms with van der Waals surface area (Å²) in [6.45, 7) is -1.44. The maximum absolute atomic E-state index is 10.7. The molecule has 0 saturated heterocycles. The van der Waals surface area contributed by atoms with Crippen LogP contribution in [-0.4, -0.2) is 80.6 Å². The first-order valence-corrected chi connectivity index (χ1v) is 4.70. The number of rotatable bonds is 6. The Hall–Kier alpha value is -1.10. The molecule has 0 aliphatic rings. The zero-order valence-corrected chi connectivity index (χ0v) is 8.84. The van der Waals surface area contributed by atoms with Crippen molar-refractivity contribution in [3.05, 3.63) is 0 Å². The Kier molecular flexibility index (Phi) is 7.54. The van der Waals surface area contributed by atoms with E-state index < -0.39 is 43.8 Å². The van der Waals surface area contributed by atoms with Crippen molar-refractivity contribution in [1.29, 1.82) is 0 Å². The van der Waals surface area contributed by atoms with Gasteiger partial charge < -0.3 is 36.0 Å². The van der Waals surface area contributed by atoms with E-state index in [-0.39, 0.29) is 0 Å². The van der Waals surface area contributed by atoms with Crippen LogP contribution in [0.2, 0.25) is 0 Å². The predicted octanol–water partition coefficient (Wildman–Crippen LogP) is -3.85. The zero-order chi connectivity index (χ0) is 13.4. The highest BCUT2D eigenvalue weighted by Gasteiger charge is 2.29. The third-order valence-corrected chi connectivity index (χ3v) is 1.86. The summed E-state index contributed by atoms with van der Waals surface area (Å²) in [6, 6.07) is -0.948. The van der Waals surface area contributed by atoms with E-state index in [4.69, 9.17) is 15.3 Å². The molecular weight excluding hydrogens is 236 g/mol. The second-order valence-electron chi connectivity index (χ2n) is 3.14. The van der Waals surface area contributed by atoms with Gasteiger partial charge in [0.05, 0.1) is 6.61 Å². The third kappa shape index (κ3) is 5.68. The number of nitrogens with one attached hydrogen (secondary N) is 1. The van der Waals surface area contributed by atoms with Crippen molar-refractivity contribution in [2.24, 2.45) is 4.99 Å². The molecule has 0 unspecified atom stereocenters. The van der Waals surface area contributed by atoms with Gasteiger partial charge in [0.15, 0.2) is 0 Å². The van der Waals surface area contributed by atoms with E-state index in [0.29, 0.717) is 6.21 Å². The molecule has 9 nitrogen and oxygen atoms in total. The SMILES string of the molecule is O=C(N=C[C@@H](O)[C@@H](O)[C@@H](O)[C@H](O)CO)NCO. The fourth-order valence-corrected chi connectivity index (χ4v) is 0.883. The number of amides is 2. The minimum Gasteiger partial charge on any atom is -0.394 e. The molecule has 0 aliphatic heterocycles. The van der Waals surface area contributed by atoms with Gasteiger partial charge in [-0.15, -0.1) is 0 Å². The van der Waals surface area contributed by atoms with Crippen LogP contribution in [0.5, 0.6) is 0 Å². The van der Waals surface area contributed by atoms with Crippen LogP contribution in [0.1, 0.15) is 0 Å². The number of aliphatic hydroxyl groups excluding tert-OH is 6. The topological polar surface area (TPSA) is 163 Å². The average molecular weight is 252 g/mol. The van der Waals surface area contributed by atoms with Gasteiger partial charge in [-0.25, -0.2) is 9.79 Å². The molecule has 0 aromatic rings. The van der Waals surface area contributed by atoms with Crippen LogP contribution in [0.4, 0.5) is 4.79 Å². The van der Waals surface area contributed by atoms with Crippen LogP contribution in [0, 0.1) is 0 Å². The first-order valence-electron chi connectivity index (χ1n) is 4.70. The van der Waals surface area contributed by atoms with Crippen LogP contribution in [0.25, 0.3) is 0 Å². The maximum Gasteiger partial charge on any atom is 0.342 e. The molecule has 9 heteroatoms. The number of hydrogen-bond donors (Lipinski definition) is 7. The van der Waals surface area contributed by atoms with E-state index in [2.05, 4.69) is 4.99 Å². The number of carbonyl (C=O) groups excluding carboxylic acids is 1. The summed E-state index contributed by atoms with van der Waals surface area (Å²) in [5.74, 6) is 0. The molecule has 17 heavy (non-hydrogen) atoms. The van der Waals surface area contributed by atoms with Crippen molar-refractivity contribution in [1.82, 2.24) is 5.32 Å². The summed E-state index contributed by atoms with van der Waals surface area (Å²) in [5, 5.41) is 55.4. The first-order chi connectivity index (χ1) is 7.93. The van der Waals surface area contributed by atoms with Crippen LogP contribution in [0.3, 0.4) is 0 Å². The van der Waals surface area contributed by atoms with E-state index in [1.54, 1.807) is 0 Å². The Morgan fingerprint density at radius 1 is 1.18 bits per heavy atom. The summed E-state index contributed by atoms with van der Waals surface area (Å²) < 4.78 is 0. The Morgan fingerprint density at radius 2 is 1.76 bits per heavy atom. The molecule has 100 valence electrons. The molecule has 0 fully saturated rings. The minimum atomic E-state index is -1.82. The lowest BCUT2D eigenvalue weighted by Crippen LogP contribution is -2.46. The minimum absolute atomic E-state index is 0.628. The fraction of sp³-hybridized carbons (Fsp3) is 0.750. The number of nitrogens with zero attached hydrogens (tertiary/aromatic N) is 1. The second kappa shape index (κ2) is 8.06. The lowest BCUT2D eigenvalue weighted by Gasteiger charge is -2.23. The quantitative estimate of drug-likeness (QED) is 0.188. The fourth-order valence-electron chi connectivity index (χ4n) is 0.883. The summed E-state index contributed by atoms with van der Waals surface area (Å²) in [7, 11) is 0. The van der Waals surface area contributed by atoms with E-state index in [1.165, 1.54) is 0 Å². The Bertz CT molecular complexity index is 260. The molecule has 0 aromatic heterocycles. The van der Waals surface area contributed by atoms with Gasteiger partial charge in [0.2, 0.25) is 0 Å². The monoisotopic (exact) mass is 252 g/mol. The van der Waals surface area contributed by atoms with Gasteiger partial charge in [0.25, 0.3) is 0 Å². The van der Waals surface area contributed by atoms with Gasteiger partial charge in [0, 0.05) is 6.21 Å². The van der Waals surface area contributed by atoms with Gasteiger partial charge in [-0.2, -0.15) is 0 Å². The molecular formula is C8H16N2O7. The average Bonchev–Trinajstić information content (AvgIpc) is 2.33. The number of aliphatic hydroxyl groups is 6. The maximum atomic E-state index is 10.7. The van der Waals surface area contributed by atoms with Crippen molar-refractivity contribution in [3.63, 3.8) is 0 Å². The summed E-state index contributed by atoms with van der Waals surface area (Å²) in [4.78, 5) is 13.8. The molecule has 0 radical (unpaired) electrons. The van der Waals surface area contributed by atoms with Crippen molar-refractivity contribution in [2.75, 3.05) is 13.3 Å². The highest BCUT2D eigenvalue weighted by atomic mass is 16.4. The Labute approximate surface area is 96.7 Å². The summed E-state index contributed by atoms with van der Waals surface area (Å²) >= 11 is 0. The van der Waals surface area contributed by atoms with E-state index in [1.807, 2.05) is 5.32 Å². The van der Waals surface area contributed by atoms with Gasteiger partial charge in [0.1, 0.15) is 31.1 Å². The number of hydrogen-bond acceptors (Lipinski definition) is 7. The normalized spacial score (nSPS) is 18.7. The number of urea groups is 1. The van der Waals surface area contributed by atoms with E-state index in [0.717, 1.165) is 0 Å². The molecule has 0 bridgehead atoms. The largest absolute Gasteiger partial charge is 0.394 e. The molecule has 0 aromatic carbocycles. The Balaban J connectivity index is 4.30. The van der Waals surface area contributed by atoms with Gasteiger partial charge in [-0.1, -0.05) is 0 Å². The first kappa shape index (κ1) is 15.9. The predicted molar refractivity (Wildman–Crippen MR) is 55.2 cm³/mol. The van der Waals surface area contributed by atoms with Crippen LogP contribution in [0.15, 0.2) is 4.99 Å². The van der Waals surface area contributed by atoms with E-state index in [9.17, 15) is 20.1 Å². The molecule has 0 spiro atoms. The number of aliphatic imine (C=N–C) groups is 1. The second-order valence-corrected chi connectivity index (χ2v) is 3.14. The molecule has 0 rings (SSSR count). The smallest absolute Gasteiger partial charge is 0.342 e. The highest BCUT2D eigenvalue weighted by molar-refractivity contribution is 5.84. The lowest BCUT2D eigenvalue weighted by atomic mass is 10.0. The van der Waals surface area contributed by atoms with Crippen LogP contribution < -0.4 is 5.32 Å². The molecule has 0 heterocycles. The highest BCUT2D eigenvalue weighted by Crippen LogP contribution is 2.03. The number of carbonyl (C=O) groups is 1. The van der Waals surface area contributed by atoms with Crippen molar-refractivity contribution in [3.8, 4) is 0 Å².